The number of esters is 1. The minimum atomic E-state index is -0.388. The van der Waals surface area contributed by atoms with Crippen molar-refractivity contribution in [2.75, 3.05) is 25.9 Å². The second-order valence-corrected chi connectivity index (χ2v) is 11.6. The maximum atomic E-state index is 14.3. The van der Waals surface area contributed by atoms with Crippen LogP contribution in [-0.2, 0) is 19.0 Å². The lowest BCUT2D eigenvalue weighted by Gasteiger charge is -2.42. The molecule has 3 aliphatic rings. The fourth-order valence-corrected chi connectivity index (χ4v) is 7.10. The quantitative estimate of drug-likeness (QED) is 0.291. The zero-order valence-corrected chi connectivity index (χ0v) is 22.4. The lowest BCUT2D eigenvalue weighted by atomic mass is 9.74. The van der Waals surface area contributed by atoms with Crippen LogP contribution in [0.5, 0.6) is 0 Å². The molecule has 1 aromatic heterocycles. The predicted molar refractivity (Wildman–Crippen MR) is 140 cm³/mol. The molecular formula is C28H41NO5S. The second-order valence-electron chi connectivity index (χ2n) is 10.6. The molecule has 0 N–H and O–H groups in total. The molecule has 3 aliphatic carbocycles. The number of hydrogen-bond acceptors (Lipinski definition) is 6. The van der Waals surface area contributed by atoms with Gasteiger partial charge in [0.15, 0.2) is 0 Å². The molecule has 1 aromatic rings. The van der Waals surface area contributed by atoms with Gasteiger partial charge in [0.2, 0.25) is 5.91 Å². The summed E-state index contributed by atoms with van der Waals surface area (Å²) in [4.78, 5) is 31.0. The average molecular weight is 504 g/mol. The summed E-state index contributed by atoms with van der Waals surface area (Å²) in [5.41, 5.74) is 1.66. The summed E-state index contributed by atoms with van der Waals surface area (Å²) in [7, 11) is 3.07. The Bertz CT molecular complexity index is 908. The lowest BCUT2D eigenvalue weighted by Crippen LogP contribution is -2.50. The smallest absolute Gasteiger partial charge is 0.350 e. The van der Waals surface area contributed by atoms with Crippen molar-refractivity contribution in [2.45, 2.75) is 103 Å². The van der Waals surface area contributed by atoms with Gasteiger partial charge >= 0.3 is 5.97 Å². The van der Waals surface area contributed by atoms with Gasteiger partial charge in [-0.1, -0.05) is 32.3 Å². The first-order chi connectivity index (χ1) is 17.0. The van der Waals surface area contributed by atoms with E-state index in [0.29, 0.717) is 11.7 Å². The van der Waals surface area contributed by atoms with E-state index < -0.39 is 0 Å². The maximum Gasteiger partial charge on any atom is 0.350 e. The largest absolute Gasteiger partial charge is 0.465 e. The number of rotatable bonds is 8. The molecule has 0 radical (unpaired) electrons. The van der Waals surface area contributed by atoms with E-state index in [4.69, 9.17) is 14.2 Å². The van der Waals surface area contributed by atoms with Crippen molar-refractivity contribution in [3.63, 3.8) is 0 Å². The van der Waals surface area contributed by atoms with E-state index >= 15 is 0 Å². The first kappa shape index (κ1) is 26.4. The van der Waals surface area contributed by atoms with Gasteiger partial charge in [0.1, 0.15) is 11.7 Å². The normalized spacial score (nSPS) is 24.5. The third kappa shape index (κ3) is 6.00. The molecule has 0 unspecified atom stereocenters. The van der Waals surface area contributed by atoms with Gasteiger partial charge in [-0.2, -0.15) is 0 Å². The summed E-state index contributed by atoms with van der Waals surface area (Å²) >= 11 is 1.49. The number of hydrogen-bond donors (Lipinski definition) is 0. The fourth-order valence-electron chi connectivity index (χ4n) is 5.96. The molecule has 0 bridgehead atoms. The van der Waals surface area contributed by atoms with E-state index in [1.165, 1.54) is 43.3 Å². The summed E-state index contributed by atoms with van der Waals surface area (Å²) in [6.07, 6.45) is 15.6. The Labute approximate surface area is 214 Å². The molecular weight excluding hydrogens is 462 g/mol. The number of amides is 1. The number of nitrogens with zero attached hydrogens (tertiary/aromatic N) is 1. The Morgan fingerprint density at radius 3 is 2.43 bits per heavy atom. The SMILES string of the molecule is COCOC1CCC(N(C(=O)C2(C)CCCCC2)c2cc(C3=CCCCC3)sc2C(=O)OC)CC1. The van der Waals surface area contributed by atoms with Crippen LogP contribution in [-0.4, -0.2) is 45.0 Å². The minimum Gasteiger partial charge on any atom is -0.465 e. The second kappa shape index (κ2) is 12.0. The third-order valence-corrected chi connectivity index (χ3v) is 9.25. The topological polar surface area (TPSA) is 65.1 Å². The van der Waals surface area contributed by atoms with Crippen LogP contribution in [0.25, 0.3) is 5.57 Å². The molecule has 0 aliphatic heterocycles. The number of methoxy groups -OCH3 is 2. The molecule has 1 amide bonds. The van der Waals surface area contributed by atoms with Gasteiger partial charge < -0.3 is 19.1 Å². The van der Waals surface area contributed by atoms with Crippen molar-refractivity contribution in [2.24, 2.45) is 5.41 Å². The molecule has 6 nitrogen and oxygen atoms in total. The van der Waals surface area contributed by atoms with E-state index in [-0.39, 0.29) is 29.4 Å². The van der Waals surface area contributed by atoms with Crippen LogP contribution in [0.2, 0.25) is 0 Å². The summed E-state index contributed by atoms with van der Waals surface area (Å²) in [6, 6.07) is 2.15. The van der Waals surface area contributed by atoms with Gasteiger partial charge in [-0.15, -0.1) is 11.3 Å². The van der Waals surface area contributed by atoms with Gasteiger partial charge in [0.25, 0.3) is 0 Å². The third-order valence-electron chi connectivity index (χ3n) is 8.07. The number of anilines is 1. The van der Waals surface area contributed by atoms with Crippen LogP contribution in [0.3, 0.4) is 0 Å². The predicted octanol–water partition coefficient (Wildman–Crippen LogP) is 6.73. The Balaban J connectivity index is 1.70. The highest BCUT2D eigenvalue weighted by Crippen LogP contribution is 2.45. The van der Waals surface area contributed by atoms with Gasteiger partial charge in [-0.05, 0) is 75.8 Å². The van der Waals surface area contributed by atoms with Crippen LogP contribution < -0.4 is 4.90 Å². The highest BCUT2D eigenvalue weighted by molar-refractivity contribution is 7.15. The molecule has 4 rings (SSSR count). The lowest BCUT2D eigenvalue weighted by molar-refractivity contribution is -0.130. The van der Waals surface area contributed by atoms with Crippen molar-refractivity contribution in [3.05, 3.63) is 21.9 Å². The van der Waals surface area contributed by atoms with Crippen LogP contribution in [0.1, 0.15) is 105 Å². The van der Waals surface area contributed by atoms with E-state index in [1.807, 2.05) is 4.90 Å². The summed E-state index contributed by atoms with van der Waals surface area (Å²) in [5, 5.41) is 0. The van der Waals surface area contributed by atoms with Crippen molar-refractivity contribution >= 4 is 34.5 Å². The number of allylic oxidation sites excluding steroid dienone is 2. The zero-order chi connectivity index (χ0) is 24.8. The molecule has 1 heterocycles. The van der Waals surface area contributed by atoms with E-state index in [2.05, 4.69) is 19.1 Å². The molecule has 194 valence electrons. The number of carbonyl (C=O) groups excluding carboxylic acids is 2. The van der Waals surface area contributed by atoms with Crippen molar-refractivity contribution < 1.29 is 23.8 Å². The number of carbonyl (C=O) groups is 2. The average Bonchev–Trinajstić information content (AvgIpc) is 3.34. The van der Waals surface area contributed by atoms with Gasteiger partial charge in [-0.25, -0.2) is 4.79 Å². The Kier molecular flexibility index (Phi) is 9.06. The Hall–Kier alpha value is -1.70. The molecule has 2 saturated carbocycles. The molecule has 0 spiro atoms. The van der Waals surface area contributed by atoms with Gasteiger partial charge in [-0.3, -0.25) is 4.79 Å². The molecule has 35 heavy (non-hydrogen) atoms. The first-order valence-corrected chi connectivity index (χ1v) is 14.1. The summed E-state index contributed by atoms with van der Waals surface area (Å²) in [5.74, 6) is -0.179. The van der Waals surface area contributed by atoms with Crippen molar-refractivity contribution in [1.82, 2.24) is 0 Å². The molecule has 7 heteroatoms. The molecule has 2 fully saturated rings. The Morgan fingerprint density at radius 1 is 1.06 bits per heavy atom. The van der Waals surface area contributed by atoms with Gasteiger partial charge in [0.05, 0.1) is 18.9 Å². The van der Waals surface area contributed by atoms with E-state index in [0.717, 1.165) is 74.8 Å². The van der Waals surface area contributed by atoms with Crippen LogP contribution in [0, 0.1) is 5.41 Å². The minimum absolute atomic E-state index is 0.0508. The fraction of sp³-hybridized carbons (Fsp3) is 0.714. The first-order valence-electron chi connectivity index (χ1n) is 13.3. The van der Waals surface area contributed by atoms with Crippen LogP contribution in [0.15, 0.2) is 12.1 Å². The summed E-state index contributed by atoms with van der Waals surface area (Å²) in [6.45, 7) is 2.43. The zero-order valence-electron chi connectivity index (χ0n) is 21.6. The van der Waals surface area contributed by atoms with E-state index in [9.17, 15) is 9.59 Å². The van der Waals surface area contributed by atoms with Crippen LogP contribution >= 0.6 is 11.3 Å². The molecule has 0 aromatic carbocycles. The molecule has 0 saturated heterocycles. The maximum absolute atomic E-state index is 14.3. The van der Waals surface area contributed by atoms with Crippen molar-refractivity contribution in [1.29, 1.82) is 0 Å². The molecule has 0 atom stereocenters. The monoisotopic (exact) mass is 503 g/mol. The standard InChI is InChI=1S/C28H41NO5S/c1-28(16-8-5-9-17-28)27(31)29(21-12-14-22(15-13-21)34-19-32-2)23-18-24(20-10-6-4-7-11-20)35-25(23)26(30)33-3/h10,18,21-22H,4-9,11-17,19H2,1-3H3. The highest BCUT2D eigenvalue weighted by Gasteiger charge is 2.43. The highest BCUT2D eigenvalue weighted by atomic mass is 32.1. The van der Waals surface area contributed by atoms with E-state index in [1.54, 1.807) is 7.11 Å². The number of thiophene rings is 1. The number of ether oxygens (including phenoxy) is 3. The summed E-state index contributed by atoms with van der Waals surface area (Å²) < 4.78 is 16.1. The van der Waals surface area contributed by atoms with Gasteiger partial charge in [0, 0.05) is 23.4 Å². The Morgan fingerprint density at radius 2 is 1.80 bits per heavy atom. The van der Waals surface area contributed by atoms with Crippen LogP contribution in [0.4, 0.5) is 5.69 Å². The van der Waals surface area contributed by atoms with Crippen molar-refractivity contribution in [3.8, 4) is 0 Å².